The third-order valence-electron chi connectivity index (χ3n) is 4.31. The van der Waals surface area contributed by atoms with E-state index in [1.165, 1.54) is 6.92 Å². The lowest BCUT2D eigenvalue weighted by Crippen LogP contribution is -2.33. The third-order valence-corrected chi connectivity index (χ3v) is 4.31. The summed E-state index contributed by atoms with van der Waals surface area (Å²) in [6, 6.07) is 9.31. The molecule has 0 saturated heterocycles. The van der Waals surface area contributed by atoms with Gasteiger partial charge in [0.25, 0.3) is 5.91 Å². The standard InChI is InChI=1S/C19H17F3N2O2/c1-12(25)24-10-2-3-14-11-16(8-9-17(14)24)23-18(26)13-4-6-15(7-5-13)19(20,21)22/h4-9,11H,2-3,10H2,1H3,(H,23,26). The number of halogens is 3. The van der Waals surface area contributed by atoms with Gasteiger partial charge >= 0.3 is 6.18 Å². The highest BCUT2D eigenvalue weighted by molar-refractivity contribution is 6.04. The zero-order valence-corrected chi connectivity index (χ0v) is 14.1. The Kier molecular flexibility index (Phi) is 4.71. The minimum Gasteiger partial charge on any atom is -0.322 e. The quantitative estimate of drug-likeness (QED) is 0.868. The molecule has 0 atom stereocenters. The second-order valence-electron chi connectivity index (χ2n) is 6.15. The van der Waals surface area contributed by atoms with Crippen molar-refractivity contribution in [3.63, 3.8) is 0 Å². The van der Waals surface area contributed by atoms with Crippen molar-refractivity contribution in [3.8, 4) is 0 Å². The van der Waals surface area contributed by atoms with E-state index < -0.39 is 17.6 Å². The van der Waals surface area contributed by atoms with Gasteiger partial charge in [0.1, 0.15) is 0 Å². The van der Waals surface area contributed by atoms with Crippen LogP contribution in [0, 0.1) is 0 Å². The summed E-state index contributed by atoms with van der Waals surface area (Å²) in [4.78, 5) is 25.6. The monoisotopic (exact) mass is 362 g/mol. The Hall–Kier alpha value is -2.83. The number of benzene rings is 2. The summed E-state index contributed by atoms with van der Waals surface area (Å²) < 4.78 is 37.8. The van der Waals surface area contributed by atoms with Gasteiger partial charge in [0.15, 0.2) is 0 Å². The number of amides is 2. The highest BCUT2D eigenvalue weighted by Gasteiger charge is 2.30. The van der Waals surface area contributed by atoms with Crippen LogP contribution in [0.3, 0.4) is 0 Å². The highest BCUT2D eigenvalue weighted by Crippen LogP contribution is 2.31. The molecule has 1 aliphatic heterocycles. The topological polar surface area (TPSA) is 49.4 Å². The van der Waals surface area contributed by atoms with E-state index in [2.05, 4.69) is 5.32 Å². The number of rotatable bonds is 2. The van der Waals surface area contributed by atoms with Crippen LogP contribution in [0.15, 0.2) is 42.5 Å². The van der Waals surface area contributed by atoms with Gasteiger partial charge in [-0.05, 0) is 60.9 Å². The lowest BCUT2D eigenvalue weighted by Gasteiger charge is -2.29. The van der Waals surface area contributed by atoms with Crippen molar-refractivity contribution in [2.75, 3.05) is 16.8 Å². The maximum Gasteiger partial charge on any atom is 0.416 e. The van der Waals surface area contributed by atoms with E-state index in [0.717, 1.165) is 48.4 Å². The number of hydrogen-bond donors (Lipinski definition) is 1. The molecular formula is C19H17F3N2O2. The molecule has 136 valence electrons. The Morgan fingerprint density at radius 2 is 1.77 bits per heavy atom. The molecule has 0 bridgehead atoms. The summed E-state index contributed by atoms with van der Waals surface area (Å²) in [6.45, 7) is 2.18. The van der Waals surface area contributed by atoms with Crippen molar-refractivity contribution in [1.29, 1.82) is 0 Å². The minimum atomic E-state index is -4.43. The van der Waals surface area contributed by atoms with Gasteiger partial charge < -0.3 is 10.2 Å². The van der Waals surface area contributed by atoms with Gasteiger partial charge in [0, 0.05) is 30.4 Å². The van der Waals surface area contributed by atoms with Crippen LogP contribution in [0.4, 0.5) is 24.5 Å². The molecule has 1 heterocycles. The van der Waals surface area contributed by atoms with E-state index in [9.17, 15) is 22.8 Å². The van der Waals surface area contributed by atoms with Crippen LogP contribution < -0.4 is 10.2 Å². The van der Waals surface area contributed by atoms with E-state index in [0.29, 0.717) is 12.2 Å². The van der Waals surface area contributed by atoms with Crippen molar-refractivity contribution in [2.24, 2.45) is 0 Å². The minimum absolute atomic E-state index is 0.0347. The smallest absolute Gasteiger partial charge is 0.322 e. The van der Waals surface area contributed by atoms with Gasteiger partial charge in [-0.2, -0.15) is 13.2 Å². The summed E-state index contributed by atoms with van der Waals surface area (Å²) in [7, 11) is 0. The average molecular weight is 362 g/mol. The first-order valence-electron chi connectivity index (χ1n) is 8.15. The van der Waals surface area contributed by atoms with Crippen LogP contribution in [0.25, 0.3) is 0 Å². The molecule has 0 spiro atoms. The number of aryl methyl sites for hydroxylation is 1. The molecule has 0 aliphatic carbocycles. The van der Waals surface area contributed by atoms with Crippen molar-refractivity contribution in [1.82, 2.24) is 0 Å². The van der Waals surface area contributed by atoms with Gasteiger partial charge in [-0.3, -0.25) is 9.59 Å². The Balaban J connectivity index is 1.77. The fraction of sp³-hybridized carbons (Fsp3) is 0.263. The number of nitrogens with zero attached hydrogens (tertiary/aromatic N) is 1. The van der Waals surface area contributed by atoms with Crippen LogP contribution in [-0.4, -0.2) is 18.4 Å². The van der Waals surface area contributed by atoms with Crippen LogP contribution in [0.1, 0.15) is 34.8 Å². The molecule has 0 unspecified atom stereocenters. The normalized spacial score (nSPS) is 13.9. The van der Waals surface area contributed by atoms with E-state index in [4.69, 9.17) is 0 Å². The maximum absolute atomic E-state index is 12.6. The molecule has 7 heteroatoms. The van der Waals surface area contributed by atoms with Crippen molar-refractivity contribution in [3.05, 3.63) is 59.2 Å². The van der Waals surface area contributed by atoms with E-state index in [-0.39, 0.29) is 11.5 Å². The Morgan fingerprint density at radius 1 is 1.08 bits per heavy atom. The summed E-state index contributed by atoms with van der Waals surface area (Å²) in [5.41, 5.74) is 1.67. The first kappa shape index (κ1) is 18.0. The van der Waals surface area contributed by atoms with Gasteiger partial charge in [-0.25, -0.2) is 0 Å². The number of carbonyl (C=O) groups excluding carboxylic acids is 2. The number of hydrogen-bond acceptors (Lipinski definition) is 2. The third kappa shape index (κ3) is 3.71. The lowest BCUT2D eigenvalue weighted by molar-refractivity contribution is -0.137. The predicted octanol–water partition coefficient (Wildman–Crippen LogP) is 4.26. The van der Waals surface area contributed by atoms with Crippen LogP contribution in [0.2, 0.25) is 0 Å². The fourth-order valence-electron chi connectivity index (χ4n) is 3.02. The number of alkyl halides is 3. The molecule has 2 aromatic carbocycles. The van der Waals surface area contributed by atoms with Crippen molar-refractivity contribution >= 4 is 23.2 Å². The summed E-state index contributed by atoms with van der Waals surface area (Å²) in [5.74, 6) is -0.523. The van der Waals surface area contributed by atoms with Gasteiger partial charge in [-0.1, -0.05) is 0 Å². The molecule has 0 fully saturated rings. The molecule has 2 amide bonds. The van der Waals surface area contributed by atoms with Crippen LogP contribution >= 0.6 is 0 Å². The first-order valence-corrected chi connectivity index (χ1v) is 8.15. The molecule has 3 rings (SSSR count). The van der Waals surface area contributed by atoms with Gasteiger partial charge in [-0.15, -0.1) is 0 Å². The predicted molar refractivity (Wildman–Crippen MR) is 92.2 cm³/mol. The Labute approximate surface area is 148 Å². The van der Waals surface area contributed by atoms with Gasteiger partial charge in [0.05, 0.1) is 5.56 Å². The van der Waals surface area contributed by atoms with E-state index >= 15 is 0 Å². The fourth-order valence-corrected chi connectivity index (χ4v) is 3.02. The van der Waals surface area contributed by atoms with Crippen LogP contribution in [-0.2, 0) is 17.4 Å². The zero-order chi connectivity index (χ0) is 18.9. The van der Waals surface area contributed by atoms with Crippen molar-refractivity contribution in [2.45, 2.75) is 25.9 Å². The molecule has 2 aromatic rings. The van der Waals surface area contributed by atoms with Gasteiger partial charge in [0.2, 0.25) is 5.91 Å². The number of fused-ring (bicyclic) bond motifs is 1. The first-order chi connectivity index (χ1) is 12.3. The second-order valence-corrected chi connectivity index (χ2v) is 6.15. The molecule has 0 radical (unpaired) electrons. The molecule has 1 aliphatic rings. The molecule has 4 nitrogen and oxygen atoms in total. The SMILES string of the molecule is CC(=O)N1CCCc2cc(NC(=O)c3ccc(C(F)(F)F)cc3)ccc21. The highest BCUT2D eigenvalue weighted by atomic mass is 19.4. The summed E-state index contributed by atoms with van der Waals surface area (Å²) in [5, 5.41) is 2.69. The number of anilines is 2. The second kappa shape index (κ2) is 6.82. The molecule has 1 N–H and O–H groups in total. The number of nitrogens with one attached hydrogen (secondary N) is 1. The Morgan fingerprint density at radius 3 is 2.38 bits per heavy atom. The largest absolute Gasteiger partial charge is 0.416 e. The Bertz CT molecular complexity index is 845. The average Bonchev–Trinajstić information content (AvgIpc) is 2.60. The lowest BCUT2D eigenvalue weighted by atomic mass is 10.0. The maximum atomic E-state index is 12.6. The summed E-state index contributed by atoms with van der Waals surface area (Å²) in [6.07, 6.45) is -2.80. The van der Waals surface area contributed by atoms with Crippen molar-refractivity contribution < 1.29 is 22.8 Å². The molecule has 0 aromatic heterocycles. The van der Waals surface area contributed by atoms with E-state index in [1.807, 2.05) is 0 Å². The molecular weight excluding hydrogens is 345 g/mol. The summed E-state index contributed by atoms with van der Waals surface area (Å²) >= 11 is 0. The van der Waals surface area contributed by atoms with E-state index in [1.54, 1.807) is 23.1 Å². The number of carbonyl (C=O) groups is 2. The molecule has 0 saturated carbocycles. The molecule has 26 heavy (non-hydrogen) atoms. The zero-order valence-electron chi connectivity index (χ0n) is 14.1. The van der Waals surface area contributed by atoms with Crippen LogP contribution in [0.5, 0.6) is 0 Å².